The Bertz CT molecular complexity index is 701. The molecule has 1 aromatic heterocycles. The molecule has 5 heteroatoms. The summed E-state index contributed by atoms with van der Waals surface area (Å²) in [6.07, 6.45) is 2.16. The van der Waals surface area contributed by atoms with E-state index in [1.165, 1.54) is 16.7 Å². The van der Waals surface area contributed by atoms with Gasteiger partial charge in [0.15, 0.2) is 0 Å². The highest BCUT2D eigenvalue weighted by atomic mass is 127. The van der Waals surface area contributed by atoms with Crippen LogP contribution in [0.4, 0.5) is 17.5 Å². The minimum atomic E-state index is 0.434. The number of aryl methyl sites for hydroxylation is 4. The van der Waals surface area contributed by atoms with Crippen molar-refractivity contribution in [1.29, 1.82) is 0 Å². The van der Waals surface area contributed by atoms with Crippen LogP contribution in [0.5, 0.6) is 0 Å². The first kappa shape index (κ1) is 19.0. The molecule has 0 bridgehead atoms. The highest BCUT2D eigenvalue weighted by Gasteiger charge is 2.14. The van der Waals surface area contributed by atoms with E-state index in [1.54, 1.807) is 0 Å². The number of hydrogen-bond acceptors (Lipinski definition) is 4. The van der Waals surface area contributed by atoms with E-state index in [0.29, 0.717) is 12.0 Å². The molecule has 0 saturated heterocycles. The van der Waals surface area contributed by atoms with Crippen LogP contribution in [0, 0.1) is 31.3 Å². The average molecular weight is 438 g/mol. The van der Waals surface area contributed by atoms with Crippen molar-refractivity contribution in [3.8, 4) is 0 Å². The number of anilines is 3. The van der Waals surface area contributed by atoms with Crippen molar-refractivity contribution in [3.63, 3.8) is 0 Å². The van der Waals surface area contributed by atoms with Crippen molar-refractivity contribution in [2.45, 2.75) is 60.4 Å². The molecule has 2 N–H and O–H groups in total. The summed E-state index contributed by atoms with van der Waals surface area (Å²) < 4.78 is 1.09. The summed E-state index contributed by atoms with van der Waals surface area (Å²) in [4.78, 5) is 9.35. The maximum atomic E-state index is 4.73. The molecule has 2 rings (SSSR count). The van der Waals surface area contributed by atoms with Gasteiger partial charge in [0.2, 0.25) is 5.95 Å². The predicted octanol–water partition coefficient (Wildman–Crippen LogP) is 5.66. The number of halogens is 1. The molecule has 1 aromatic carbocycles. The van der Waals surface area contributed by atoms with Crippen LogP contribution in [-0.2, 0) is 0 Å². The van der Waals surface area contributed by atoms with E-state index in [2.05, 4.69) is 85.0 Å². The highest BCUT2D eigenvalue weighted by molar-refractivity contribution is 14.1. The van der Waals surface area contributed by atoms with Gasteiger partial charge >= 0.3 is 0 Å². The van der Waals surface area contributed by atoms with Gasteiger partial charge in [-0.05, 0) is 74.3 Å². The second kappa shape index (κ2) is 8.14. The summed E-state index contributed by atoms with van der Waals surface area (Å²) in [5.74, 6) is 1.57. The van der Waals surface area contributed by atoms with Gasteiger partial charge in [-0.2, -0.15) is 4.98 Å². The fraction of sp³-hybridized carbons (Fsp3) is 0.474. The van der Waals surface area contributed by atoms with E-state index in [4.69, 9.17) is 4.98 Å². The Morgan fingerprint density at radius 1 is 1.00 bits per heavy atom. The van der Waals surface area contributed by atoms with E-state index in [-0.39, 0.29) is 0 Å². The molecule has 0 radical (unpaired) electrons. The largest absolute Gasteiger partial charge is 0.366 e. The second-order valence-corrected chi connectivity index (χ2v) is 7.43. The lowest BCUT2D eigenvalue weighted by Crippen LogP contribution is -2.20. The quantitative estimate of drug-likeness (QED) is 0.572. The normalized spacial score (nSPS) is 11.0. The van der Waals surface area contributed by atoms with Crippen molar-refractivity contribution < 1.29 is 0 Å². The topological polar surface area (TPSA) is 49.8 Å². The Balaban J connectivity index is 2.37. The lowest BCUT2D eigenvalue weighted by Gasteiger charge is -2.19. The first-order valence-electron chi connectivity index (χ1n) is 8.51. The molecule has 2 aromatic rings. The van der Waals surface area contributed by atoms with Crippen LogP contribution in [0.2, 0.25) is 0 Å². The molecule has 0 saturated carbocycles. The molecule has 0 aliphatic rings. The van der Waals surface area contributed by atoms with Crippen LogP contribution in [0.3, 0.4) is 0 Å². The van der Waals surface area contributed by atoms with Crippen molar-refractivity contribution in [2.24, 2.45) is 0 Å². The third-order valence-electron chi connectivity index (χ3n) is 4.26. The summed E-state index contributed by atoms with van der Waals surface area (Å²) in [5.41, 5.74) is 5.77. The molecule has 4 nitrogen and oxygen atoms in total. The summed E-state index contributed by atoms with van der Waals surface area (Å²) in [5, 5.41) is 6.97. The molecule has 24 heavy (non-hydrogen) atoms. The third-order valence-corrected chi connectivity index (χ3v) is 5.55. The molecular weight excluding hydrogens is 411 g/mol. The average Bonchev–Trinajstić information content (AvgIpc) is 2.52. The molecule has 0 atom stereocenters. The molecule has 1 heterocycles. The molecule has 0 unspecified atom stereocenters. The van der Waals surface area contributed by atoms with Gasteiger partial charge in [0.05, 0.1) is 9.26 Å². The van der Waals surface area contributed by atoms with Gasteiger partial charge < -0.3 is 10.6 Å². The van der Waals surface area contributed by atoms with Crippen LogP contribution in [0.15, 0.2) is 12.1 Å². The number of nitrogens with one attached hydrogen (secondary N) is 2. The SMILES string of the molecule is CCC(CC)Nc1nc(Nc2c(C)cc(C)cc2C)nc(C)c1I. The van der Waals surface area contributed by atoms with Gasteiger partial charge in [-0.15, -0.1) is 0 Å². The molecule has 0 aliphatic heterocycles. The maximum Gasteiger partial charge on any atom is 0.229 e. The standard InChI is InChI=1S/C19H27IN4/c1-7-15(8-2)22-18-16(20)14(6)21-19(24-18)23-17-12(4)9-11(3)10-13(17)5/h9-10,15H,7-8H2,1-6H3,(H2,21,22,23,24). The summed E-state index contributed by atoms with van der Waals surface area (Å²) >= 11 is 2.32. The van der Waals surface area contributed by atoms with Gasteiger partial charge in [0.1, 0.15) is 5.82 Å². The van der Waals surface area contributed by atoms with Crippen molar-refractivity contribution in [3.05, 3.63) is 38.1 Å². The zero-order chi connectivity index (χ0) is 17.9. The van der Waals surface area contributed by atoms with Gasteiger partial charge in [0, 0.05) is 11.7 Å². The Morgan fingerprint density at radius 3 is 2.12 bits per heavy atom. The van der Waals surface area contributed by atoms with E-state index in [1.807, 2.05) is 6.92 Å². The maximum absolute atomic E-state index is 4.73. The Morgan fingerprint density at radius 2 is 1.58 bits per heavy atom. The number of hydrogen-bond donors (Lipinski definition) is 2. The summed E-state index contributed by atoms with van der Waals surface area (Å²) in [6.45, 7) is 12.8. The Hall–Kier alpha value is -1.37. The predicted molar refractivity (Wildman–Crippen MR) is 111 cm³/mol. The van der Waals surface area contributed by atoms with Crippen molar-refractivity contribution >= 4 is 40.0 Å². The monoisotopic (exact) mass is 438 g/mol. The zero-order valence-corrected chi connectivity index (χ0v) is 17.6. The van der Waals surface area contributed by atoms with Crippen LogP contribution in [-0.4, -0.2) is 16.0 Å². The molecule has 0 amide bonds. The number of benzene rings is 1. The van der Waals surface area contributed by atoms with Crippen LogP contribution >= 0.6 is 22.6 Å². The second-order valence-electron chi connectivity index (χ2n) is 6.35. The smallest absolute Gasteiger partial charge is 0.229 e. The highest BCUT2D eigenvalue weighted by Crippen LogP contribution is 2.27. The minimum absolute atomic E-state index is 0.434. The molecular formula is C19H27IN4. The number of rotatable bonds is 6. The van der Waals surface area contributed by atoms with E-state index in [0.717, 1.165) is 33.6 Å². The zero-order valence-electron chi connectivity index (χ0n) is 15.4. The summed E-state index contributed by atoms with van der Waals surface area (Å²) in [6, 6.07) is 4.79. The van der Waals surface area contributed by atoms with E-state index >= 15 is 0 Å². The van der Waals surface area contributed by atoms with Crippen LogP contribution < -0.4 is 10.6 Å². The van der Waals surface area contributed by atoms with Crippen LogP contribution in [0.25, 0.3) is 0 Å². The summed E-state index contributed by atoms with van der Waals surface area (Å²) in [7, 11) is 0. The molecule has 130 valence electrons. The first-order chi connectivity index (χ1) is 11.3. The van der Waals surface area contributed by atoms with Gasteiger partial charge in [-0.1, -0.05) is 31.5 Å². The first-order valence-corrected chi connectivity index (χ1v) is 9.59. The fourth-order valence-corrected chi connectivity index (χ4v) is 3.28. The molecule has 0 aliphatic carbocycles. The Kier molecular flexibility index (Phi) is 6.43. The molecule has 0 fully saturated rings. The van der Waals surface area contributed by atoms with E-state index in [9.17, 15) is 0 Å². The Labute approximate surface area is 159 Å². The molecule has 0 spiro atoms. The number of aromatic nitrogens is 2. The van der Waals surface area contributed by atoms with Gasteiger partial charge in [0.25, 0.3) is 0 Å². The number of nitrogens with zero attached hydrogens (tertiary/aromatic N) is 2. The van der Waals surface area contributed by atoms with Crippen molar-refractivity contribution in [2.75, 3.05) is 10.6 Å². The van der Waals surface area contributed by atoms with Gasteiger partial charge in [-0.25, -0.2) is 4.98 Å². The van der Waals surface area contributed by atoms with Gasteiger partial charge in [-0.3, -0.25) is 0 Å². The lowest BCUT2D eigenvalue weighted by atomic mass is 10.1. The third kappa shape index (κ3) is 4.37. The lowest BCUT2D eigenvalue weighted by molar-refractivity contribution is 0.667. The fourth-order valence-electron chi connectivity index (χ4n) is 2.89. The van der Waals surface area contributed by atoms with E-state index < -0.39 is 0 Å². The minimum Gasteiger partial charge on any atom is -0.366 e. The van der Waals surface area contributed by atoms with Crippen LogP contribution in [0.1, 0.15) is 49.1 Å². The van der Waals surface area contributed by atoms with Crippen molar-refractivity contribution in [1.82, 2.24) is 9.97 Å².